The summed E-state index contributed by atoms with van der Waals surface area (Å²) in [5, 5.41) is 4.60. The van der Waals surface area contributed by atoms with Crippen LogP contribution in [-0.2, 0) is 0 Å². The molecule has 18 heavy (non-hydrogen) atoms. The Hall–Kier alpha value is 0.310. The highest BCUT2D eigenvalue weighted by molar-refractivity contribution is 7.99. The van der Waals surface area contributed by atoms with Crippen molar-refractivity contribution in [3.63, 3.8) is 0 Å². The van der Waals surface area contributed by atoms with Gasteiger partial charge in [0, 0.05) is 17.0 Å². The molecule has 0 saturated heterocycles. The molecule has 0 aromatic carbocycles. The zero-order valence-electron chi connectivity index (χ0n) is 12.9. The molecular weight excluding hydrogens is 238 g/mol. The van der Waals surface area contributed by atoms with E-state index in [9.17, 15) is 0 Å². The average molecular weight is 272 g/mol. The quantitative estimate of drug-likeness (QED) is 0.686. The summed E-state index contributed by atoms with van der Waals surface area (Å²) >= 11 is 2.17. The van der Waals surface area contributed by atoms with Gasteiger partial charge in [0.1, 0.15) is 0 Å². The molecule has 1 rings (SSSR count). The van der Waals surface area contributed by atoms with E-state index in [1.807, 2.05) is 0 Å². The van der Waals surface area contributed by atoms with E-state index in [2.05, 4.69) is 44.8 Å². The van der Waals surface area contributed by atoms with Crippen LogP contribution in [0.25, 0.3) is 0 Å². The van der Waals surface area contributed by atoms with Crippen LogP contribution >= 0.6 is 11.8 Å². The molecule has 1 N–H and O–H groups in total. The highest BCUT2D eigenvalue weighted by Crippen LogP contribution is 2.29. The molecule has 1 nitrogen and oxygen atoms in total. The number of rotatable bonds is 8. The Morgan fingerprint density at radius 1 is 1.11 bits per heavy atom. The lowest BCUT2D eigenvalue weighted by molar-refractivity contribution is 0.285. The molecule has 0 amide bonds. The minimum atomic E-state index is 0.761. The number of nitrogens with one attached hydrogen (secondary N) is 1. The van der Waals surface area contributed by atoms with Crippen LogP contribution < -0.4 is 5.32 Å². The summed E-state index contributed by atoms with van der Waals surface area (Å²) in [6.45, 7) is 10.5. The van der Waals surface area contributed by atoms with Gasteiger partial charge in [-0.05, 0) is 37.6 Å². The minimum absolute atomic E-state index is 0.761. The van der Waals surface area contributed by atoms with E-state index in [-0.39, 0.29) is 0 Å². The first kappa shape index (κ1) is 16.4. The monoisotopic (exact) mass is 271 g/mol. The molecule has 0 aromatic heterocycles. The molecular formula is C16H33NS. The van der Waals surface area contributed by atoms with Crippen molar-refractivity contribution in [1.82, 2.24) is 5.32 Å². The fourth-order valence-electron chi connectivity index (χ4n) is 2.68. The van der Waals surface area contributed by atoms with Crippen LogP contribution in [0.2, 0.25) is 0 Å². The van der Waals surface area contributed by atoms with E-state index in [4.69, 9.17) is 0 Å². The molecule has 1 aliphatic rings. The van der Waals surface area contributed by atoms with Crippen molar-refractivity contribution < 1.29 is 0 Å². The second-order valence-electron chi connectivity index (χ2n) is 6.24. The molecule has 2 heteroatoms. The van der Waals surface area contributed by atoms with Crippen LogP contribution in [0.3, 0.4) is 0 Å². The van der Waals surface area contributed by atoms with Crippen molar-refractivity contribution >= 4 is 11.8 Å². The van der Waals surface area contributed by atoms with Gasteiger partial charge in [-0.15, -0.1) is 0 Å². The highest BCUT2D eigenvalue weighted by atomic mass is 32.2. The maximum absolute atomic E-state index is 3.81. The standard InChI is InChI=1S/C16H33NS/c1-5-11-17-16(12-18-14(4)13(2)3)15-9-7-6-8-10-15/h13-17H,5-12H2,1-4H3. The van der Waals surface area contributed by atoms with Gasteiger partial charge in [-0.25, -0.2) is 0 Å². The molecule has 0 radical (unpaired) electrons. The maximum atomic E-state index is 3.81. The Bertz CT molecular complexity index is 199. The summed E-state index contributed by atoms with van der Waals surface area (Å²) in [7, 11) is 0. The number of hydrogen-bond donors (Lipinski definition) is 1. The van der Waals surface area contributed by atoms with Gasteiger partial charge in [-0.2, -0.15) is 11.8 Å². The summed E-state index contributed by atoms with van der Waals surface area (Å²) in [6.07, 6.45) is 8.55. The van der Waals surface area contributed by atoms with Crippen molar-refractivity contribution in [2.45, 2.75) is 77.5 Å². The largest absolute Gasteiger partial charge is 0.313 e. The molecule has 2 atom stereocenters. The van der Waals surface area contributed by atoms with Gasteiger partial charge in [0.05, 0.1) is 0 Å². The summed E-state index contributed by atoms with van der Waals surface area (Å²) in [6, 6.07) is 0.761. The normalized spacial score (nSPS) is 21.2. The number of hydrogen-bond acceptors (Lipinski definition) is 2. The van der Waals surface area contributed by atoms with Crippen molar-refractivity contribution in [2.75, 3.05) is 12.3 Å². The lowest BCUT2D eigenvalue weighted by atomic mass is 9.84. The van der Waals surface area contributed by atoms with E-state index in [1.165, 1.54) is 50.8 Å². The van der Waals surface area contributed by atoms with Gasteiger partial charge in [0.15, 0.2) is 0 Å². The first-order valence-electron chi connectivity index (χ1n) is 8.00. The molecule has 108 valence electrons. The van der Waals surface area contributed by atoms with E-state index in [0.29, 0.717) is 0 Å². The van der Waals surface area contributed by atoms with Gasteiger partial charge < -0.3 is 5.32 Å². The molecule has 2 unspecified atom stereocenters. The average Bonchev–Trinajstić information content (AvgIpc) is 2.39. The van der Waals surface area contributed by atoms with Gasteiger partial charge >= 0.3 is 0 Å². The van der Waals surface area contributed by atoms with Gasteiger partial charge in [-0.3, -0.25) is 0 Å². The van der Waals surface area contributed by atoms with E-state index in [0.717, 1.165) is 23.1 Å². The van der Waals surface area contributed by atoms with Crippen molar-refractivity contribution in [2.24, 2.45) is 11.8 Å². The molecule has 1 fully saturated rings. The lowest BCUT2D eigenvalue weighted by Gasteiger charge is -2.32. The second-order valence-corrected chi connectivity index (χ2v) is 7.65. The third-order valence-electron chi connectivity index (χ3n) is 4.35. The Morgan fingerprint density at radius 2 is 1.78 bits per heavy atom. The molecule has 1 aliphatic carbocycles. The first-order chi connectivity index (χ1) is 8.65. The predicted molar refractivity (Wildman–Crippen MR) is 85.4 cm³/mol. The first-order valence-corrected chi connectivity index (χ1v) is 9.05. The SMILES string of the molecule is CCCNC(CSC(C)C(C)C)C1CCCCC1. The van der Waals surface area contributed by atoms with E-state index in [1.54, 1.807) is 0 Å². The fourth-order valence-corrected chi connectivity index (χ4v) is 3.96. The van der Waals surface area contributed by atoms with E-state index >= 15 is 0 Å². The van der Waals surface area contributed by atoms with Gasteiger partial charge in [0.2, 0.25) is 0 Å². The van der Waals surface area contributed by atoms with Crippen LogP contribution in [0.4, 0.5) is 0 Å². The van der Waals surface area contributed by atoms with Gasteiger partial charge in [-0.1, -0.05) is 47.0 Å². The predicted octanol–water partition coefficient (Wildman–Crippen LogP) is 4.71. The molecule has 1 saturated carbocycles. The Labute approximate surface area is 119 Å². The molecule has 0 aromatic rings. The Balaban J connectivity index is 2.38. The third kappa shape index (κ3) is 5.97. The maximum Gasteiger partial charge on any atom is 0.0186 e. The Morgan fingerprint density at radius 3 is 2.33 bits per heavy atom. The molecule has 0 spiro atoms. The molecule has 0 aliphatic heterocycles. The van der Waals surface area contributed by atoms with Crippen LogP contribution in [0.1, 0.15) is 66.2 Å². The van der Waals surface area contributed by atoms with Crippen LogP contribution in [0.5, 0.6) is 0 Å². The summed E-state index contributed by atoms with van der Waals surface area (Å²) in [5.74, 6) is 3.05. The van der Waals surface area contributed by atoms with Crippen LogP contribution in [0.15, 0.2) is 0 Å². The third-order valence-corrected chi connectivity index (χ3v) is 5.97. The fraction of sp³-hybridized carbons (Fsp3) is 1.00. The topological polar surface area (TPSA) is 12.0 Å². The highest BCUT2D eigenvalue weighted by Gasteiger charge is 2.23. The van der Waals surface area contributed by atoms with Gasteiger partial charge in [0.25, 0.3) is 0 Å². The van der Waals surface area contributed by atoms with Crippen LogP contribution in [-0.4, -0.2) is 23.6 Å². The summed E-state index contributed by atoms with van der Waals surface area (Å²) in [4.78, 5) is 0. The zero-order valence-corrected chi connectivity index (χ0v) is 13.7. The smallest absolute Gasteiger partial charge is 0.0186 e. The number of thioether (sulfide) groups is 1. The summed E-state index contributed by atoms with van der Waals surface area (Å²) in [5.41, 5.74) is 0. The molecule has 0 bridgehead atoms. The van der Waals surface area contributed by atoms with Crippen molar-refractivity contribution in [3.05, 3.63) is 0 Å². The van der Waals surface area contributed by atoms with Crippen LogP contribution in [0, 0.1) is 11.8 Å². The lowest BCUT2D eigenvalue weighted by Crippen LogP contribution is -2.40. The van der Waals surface area contributed by atoms with Crippen molar-refractivity contribution in [1.29, 1.82) is 0 Å². The minimum Gasteiger partial charge on any atom is -0.313 e. The zero-order chi connectivity index (χ0) is 13.4. The molecule has 0 heterocycles. The van der Waals surface area contributed by atoms with E-state index < -0.39 is 0 Å². The Kier molecular flexibility index (Phi) is 8.41. The summed E-state index contributed by atoms with van der Waals surface area (Å²) < 4.78 is 0. The van der Waals surface area contributed by atoms with Crippen molar-refractivity contribution in [3.8, 4) is 0 Å². The second kappa shape index (κ2) is 9.25.